The minimum Gasteiger partial charge on any atom is -0.507 e. The van der Waals surface area contributed by atoms with Crippen molar-refractivity contribution >= 4 is 0 Å². The quantitative estimate of drug-likeness (QED) is 0.297. The number of rotatable bonds is 8. The number of benzene rings is 3. The van der Waals surface area contributed by atoms with E-state index in [1.165, 1.54) is 0 Å². The van der Waals surface area contributed by atoms with Crippen molar-refractivity contribution in [2.45, 2.75) is 70.0 Å². The molecule has 238 valence electrons. The number of methoxy groups -OCH3 is 3. The van der Waals surface area contributed by atoms with E-state index >= 15 is 0 Å². The lowest BCUT2D eigenvalue weighted by atomic mass is 9.71. The van der Waals surface area contributed by atoms with E-state index in [2.05, 4.69) is 33.3 Å². The summed E-state index contributed by atoms with van der Waals surface area (Å²) in [5.41, 5.74) is 6.10. The Balaban J connectivity index is 1.57. The van der Waals surface area contributed by atoms with Gasteiger partial charge in [0, 0.05) is 64.1 Å². The van der Waals surface area contributed by atoms with Gasteiger partial charge in [0.1, 0.15) is 23.3 Å². The molecule has 3 aromatic rings. The highest BCUT2D eigenvalue weighted by Crippen LogP contribution is 2.58. The van der Waals surface area contributed by atoms with Gasteiger partial charge in [-0.1, -0.05) is 30.3 Å². The summed E-state index contributed by atoms with van der Waals surface area (Å²) >= 11 is 0. The van der Waals surface area contributed by atoms with E-state index in [0.717, 1.165) is 27.8 Å². The second kappa shape index (κ2) is 12.1. The Morgan fingerprint density at radius 1 is 0.889 bits per heavy atom. The van der Waals surface area contributed by atoms with Gasteiger partial charge in [0.15, 0.2) is 11.5 Å². The van der Waals surface area contributed by atoms with E-state index in [0.29, 0.717) is 59.9 Å². The Labute approximate surface area is 264 Å². The molecule has 0 amide bonds. The first-order valence-electron chi connectivity index (χ1n) is 15.4. The average Bonchev–Trinajstić information content (AvgIpc) is 3.03. The maximum absolute atomic E-state index is 11.8. The number of ether oxygens (including phenoxy) is 3. The number of hydrogen-bond donors (Lipinski definition) is 4. The fourth-order valence-corrected chi connectivity index (χ4v) is 8.38. The van der Waals surface area contributed by atoms with Crippen LogP contribution in [-0.4, -0.2) is 78.2 Å². The van der Waals surface area contributed by atoms with Crippen LogP contribution in [0.1, 0.15) is 56.6 Å². The van der Waals surface area contributed by atoms with Crippen LogP contribution in [0.25, 0.3) is 0 Å². The molecule has 0 unspecified atom stereocenters. The topological polar surface area (TPSA) is 131 Å². The normalized spacial score (nSPS) is 23.8. The first-order chi connectivity index (χ1) is 21.7. The number of phenols is 2. The minimum atomic E-state index is -0.542. The Bertz CT molecular complexity index is 1650. The summed E-state index contributed by atoms with van der Waals surface area (Å²) in [6, 6.07) is 10.9. The number of fused-ring (bicyclic) bond motifs is 7. The van der Waals surface area contributed by atoms with Gasteiger partial charge in [0.25, 0.3) is 0 Å². The molecule has 1 saturated heterocycles. The van der Waals surface area contributed by atoms with Crippen molar-refractivity contribution in [2.24, 2.45) is 0 Å². The number of nitrogens with one attached hydrogen (secondary N) is 1. The summed E-state index contributed by atoms with van der Waals surface area (Å²) in [4.78, 5) is 4.44. The van der Waals surface area contributed by atoms with E-state index in [9.17, 15) is 20.6 Å². The molecule has 3 heterocycles. The van der Waals surface area contributed by atoms with Crippen molar-refractivity contribution in [3.05, 3.63) is 74.8 Å². The van der Waals surface area contributed by atoms with E-state index in [4.69, 9.17) is 14.2 Å². The highest BCUT2D eigenvalue weighted by molar-refractivity contribution is 5.66. The van der Waals surface area contributed by atoms with Gasteiger partial charge in [-0.05, 0) is 39.3 Å². The lowest BCUT2D eigenvalue weighted by Crippen LogP contribution is -2.68. The van der Waals surface area contributed by atoms with Gasteiger partial charge in [-0.2, -0.15) is 5.26 Å². The van der Waals surface area contributed by atoms with Crippen molar-refractivity contribution in [3.63, 3.8) is 0 Å². The van der Waals surface area contributed by atoms with E-state index in [-0.39, 0.29) is 36.2 Å². The Morgan fingerprint density at radius 2 is 1.51 bits per heavy atom. The molecule has 0 aromatic heterocycles. The molecule has 3 aliphatic heterocycles. The van der Waals surface area contributed by atoms with Crippen LogP contribution in [0.5, 0.6) is 28.7 Å². The number of nitriles is 1. The van der Waals surface area contributed by atoms with Crippen LogP contribution < -0.4 is 19.5 Å². The van der Waals surface area contributed by atoms with Gasteiger partial charge < -0.3 is 34.8 Å². The molecular weight excluding hydrogens is 572 g/mol. The molecular formula is C35H42N4O6. The van der Waals surface area contributed by atoms with Crippen LogP contribution in [0, 0.1) is 25.2 Å². The summed E-state index contributed by atoms with van der Waals surface area (Å²) in [5, 5.41) is 48.3. The molecule has 2 bridgehead atoms. The minimum absolute atomic E-state index is 0.0405. The largest absolute Gasteiger partial charge is 0.507 e. The SMILES string of the molecule is COc1c(C)c(OC)c2c(c1O)[C@H]1[C@@H]3Cc4c(OC)c(C)c(CO)c(O)c4[C@H](CNCc4ccccc4)N3[C@@H](C#N)[C@H](C2)N1C. The highest BCUT2D eigenvalue weighted by atomic mass is 16.5. The zero-order chi connectivity index (χ0) is 32.2. The van der Waals surface area contributed by atoms with Crippen molar-refractivity contribution in [1.29, 1.82) is 5.26 Å². The van der Waals surface area contributed by atoms with Crippen LogP contribution >= 0.6 is 0 Å². The third-order valence-corrected chi connectivity index (χ3v) is 10.3. The van der Waals surface area contributed by atoms with Crippen molar-refractivity contribution in [1.82, 2.24) is 15.1 Å². The van der Waals surface area contributed by atoms with Crippen LogP contribution in [0.3, 0.4) is 0 Å². The number of aromatic hydroxyl groups is 2. The lowest BCUT2D eigenvalue weighted by Gasteiger charge is -2.60. The second-order valence-corrected chi connectivity index (χ2v) is 12.3. The monoisotopic (exact) mass is 614 g/mol. The van der Waals surface area contributed by atoms with E-state index < -0.39 is 12.1 Å². The molecule has 0 radical (unpaired) electrons. The van der Waals surface area contributed by atoms with Crippen molar-refractivity contribution in [2.75, 3.05) is 34.9 Å². The standard InChI is InChI=1S/C35H42N4O6/c1-18-23(17-40)31(41)28-21(33(18)43-4)13-25-30-29-22(34(44-5)19(2)35(45-6)32(29)42)12-24(38(30)3)26(14-36)39(25)27(28)16-37-15-20-10-8-7-9-11-20/h7-11,24-27,30,37,40-42H,12-13,15-17H2,1-6H3/t24-,25-,26-,27-,30+/m0/s1. The number of aliphatic hydroxyl groups excluding tert-OH is 1. The zero-order valence-corrected chi connectivity index (χ0v) is 26.7. The maximum atomic E-state index is 11.8. The molecule has 3 aromatic carbocycles. The van der Waals surface area contributed by atoms with Gasteiger partial charge >= 0.3 is 0 Å². The predicted molar refractivity (Wildman–Crippen MR) is 169 cm³/mol. The fraction of sp³-hybridized carbons (Fsp3) is 0.457. The molecule has 1 fully saturated rings. The third-order valence-electron chi connectivity index (χ3n) is 10.3. The Hall–Kier alpha value is -4.01. The summed E-state index contributed by atoms with van der Waals surface area (Å²) in [6.07, 6.45) is 0.943. The molecule has 10 nitrogen and oxygen atoms in total. The molecule has 4 N–H and O–H groups in total. The number of piperazine rings is 1. The smallest absolute Gasteiger partial charge is 0.167 e. The average molecular weight is 615 g/mol. The number of hydrogen-bond acceptors (Lipinski definition) is 10. The molecule has 45 heavy (non-hydrogen) atoms. The van der Waals surface area contributed by atoms with Crippen LogP contribution in [-0.2, 0) is 26.0 Å². The summed E-state index contributed by atoms with van der Waals surface area (Å²) in [7, 11) is 6.80. The second-order valence-electron chi connectivity index (χ2n) is 12.3. The fourth-order valence-electron chi connectivity index (χ4n) is 8.38. The molecule has 0 aliphatic carbocycles. The van der Waals surface area contributed by atoms with E-state index in [1.807, 2.05) is 39.1 Å². The first-order valence-corrected chi connectivity index (χ1v) is 15.4. The lowest BCUT2D eigenvalue weighted by molar-refractivity contribution is -0.0728. The van der Waals surface area contributed by atoms with Gasteiger partial charge in [-0.15, -0.1) is 0 Å². The Kier molecular flexibility index (Phi) is 8.31. The molecule has 6 rings (SSSR count). The van der Waals surface area contributed by atoms with Crippen LogP contribution in [0.15, 0.2) is 30.3 Å². The molecule has 0 spiro atoms. The van der Waals surface area contributed by atoms with Crippen molar-refractivity contribution < 1.29 is 29.5 Å². The van der Waals surface area contributed by atoms with E-state index in [1.54, 1.807) is 21.3 Å². The predicted octanol–water partition coefficient (Wildman–Crippen LogP) is 3.79. The van der Waals surface area contributed by atoms with Crippen LogP contribution in [0.4, 0.5) is 0 Å². The number of phenolic OH excluding ortho intramolecular Hbond substituents is 1. The summed E-state index contributed by atoms with van der Waals surface area (Å²) in [6.45, 7) is 4.42. The van der Waals surface area contributed by atoms with Crippen molar-refractivity contribution in [3.8, 4) is 34.8 Å². The zero-order valence-electron chi connectivity index (χ0n) is 26.7. The summed E-state index contributed by atoms with van der Waals surface area (Å²) in [5.74, 6) is 1.80. The Morgan fingerprint density at radius 3 is 2.13 bits per heavy atom. The number of likely N-dealkylation sites (N-methyl/N-ethyl adjacent to an activating group) is 1. The summed E-state index contributed by atoms with van der Waals surface area (Å²) < 4.78 is 17.6. The molecule has 5 atom stereocenters. The highest BCUT2D eigenvalue weighted by Gasteiger charge is 2.56. The van der Waals surface area contributed by atoms with Gasteiger partial charge in [0.05, 0.1) is 46.1 Å². The number of aliphatic hydroxyl groups is 1. The molecule has 3 aliphatic rings. The van der Waals surface area contributed by atoms with Gasteiger partial charge in [0.2, 0.25) is 0 Å². The molecule has 0 saturated carbocycles. The number of nitrogens with zero attached hydrogens (tertiary/aromatic N) is 3. The molecule has 10 heteroatoms. The van der Waals surface area contributed by atoms with Gasteiger partial charge in [-0.25, -0.2) is 0 Å². The maximum Gasteiger partial charge on any atom is 0.167 e. The van der Waals surface area contributed by atoms with Crippen LogP contribution in [0.2, 0.25) is 0 Å². The first kappa shape index (κ1) is 31.0. The third kappa shape index (κ3) is 4.60. The van der Waals surface area contributed by atoms with Gasteiger partial charge in [-0.3, -0.25) is 9.80 Å².